The highest BCUT2D eigenvalue weighted by atomic mass is 15.2. The summed E-state index contributed by atoms with van der Waals surface area (Å²) in [4.78, 5) is 2.57. The van der Waals surface area contributed by atoms with E-state index in [0.29, 0.717) is 6.04 Å². The van der Waals surface area contributed by atoms with E-state index in [1.807, 2.05) is 6.08 Å². The van der Waals surface area contributed by atoms with Crippen molar-refractivity contribution in [2.75, 3.05) is 13.1 Å². The molecule has 1 saturated heterocycles. The van der Waals surface area contributed by atoms with E-state index in [4.69, 9.17) is 5.73 Å². The predicted molar refractivity (Wildman–Crippen MR) is 86.6 cm³/mol. The van der Waals surface area contributed by atoms with Crippen LogP contribution in [-0.4, -0.2) is 24.0 Å². The summed E-state index contributed by atoms with van der Waals surface area (Å²) >= 11 is 0. The fourth-order valence-corrected chi connectivity index (χ4v) is 3.33. The summed E-state index contributed by atoms with van der Waals surface area (Å²) in [5.74, 6) is 0. The van der Waals surface area contributed by atoms with Gasteiger partial charge in [-0.15, -0.1) is 6.58 Å². The Morgan fingerprint density at radius 3 is 2.35 bits per heavy atom. The fraction of sp³-hybridized carbons (Fsp3) is 0.556. The maximum absolute atomic E-state index is 6.84. The maximum Gasteiger partial charge on any atom is 0.0599 e. The van der Waals surface area contributed by atoms with Crippen molar-refractivity contribution < 1.29 is 0 Å². The van der Waals surface area contributed by atoms with Crippen molar-refractivity contribution in [1.82, 2.24) is 4.90 Å². The number of rotatable bonds is 5. The minimum atomic E-state index is -0.340. The van der Waals surface area contributed by atoms with Gasteiger partial charge in [-0.2, -0.15) is 0 Å². The molecule has 1 aromatic carbocycles. The van der Waals surface area contributed by atoms with E-state index in [2.05, 4.69) is 48.7 Å². The van der Waals surface area contributed by atoms with E-state index in [1.54, 1.807) is 0 Å². The molecule has 0 amide bonds. The largest absolute Gasteiger partial charge is 0.320 e. The Kier molecular flexibility index (Phi) is 5.38. The highest BCUT2D eigenvalue weighted by Crippen LogP contribution is 2.31. The molecule has 2 atom stereocenters. The SMILES string of the molecule is C=CCC(N)(c1ccccc1)C(C)N1CCCCCC1. The molecule has 1 fully saturated rings. The summed E-state index contributed by atoms with van der Waals surface area (Å²) in [7, 11) is 0. The van der Waals surface area contributed by atoms with Crippen LogP contribution in [0.4, 0.5) is 0 Å². The highest BCUT2D eigenvalue weighted by molar-refractivity contribution is 5.27. The van der Waals surface area contributed by atoms with Gasteiger partial charge in [-0.1, -0.05) is 49.2 Å². The van der Waals surface area contributed by atoms with Crippen LogP contribution >= 0.6 is 0 Å². The summed E-state index contributed by atoms with van der Waals surface area (Å²) in [6, 6.07) is 10.8. The molecule has 2 rings (SSSR count). The highest BCUT2D eigenvalue weighted by Gasteiger charge is 2.36. The summed E-state index contributed by atoms with van der Waals surface area (Å²) in [5.41, 5.74) is 7.72. The van der Waals surface area contributed by atoms with Gasteiger partial charge in [-0.25, -0.2) is 0 Å². The second kappa shape index (κ2) is 7.05. The lowest BCUT2D eigenvalue weighted by Crippen LogP contribution is -2.54. The van der Waals surface area contributed by atoms with Gasteiger partial charge in [0.2, 0.25) is 0 Å². The van der Waals surface area contributed by atoms with Gasteiger partial charge in [0.15, 0.2) is 0 Å². The number of hydrogen-bond acceptors (Lipinski definition) is 2. The molecule has 1 aliphatic rings. The third kappa shape index (κ3) is 3.31. The van der Waals surface area contributed by atoms with Gasteiger partial charge < -0.3 is 5.73 Å². The van der Waals surface area contributed by atoms with Crippen molar-refractivity contribution in [2.24, 2.45) is 5.73 Å². The Labute approximate surface area is 123 Å². The van der Waals surface area contributed by atoms with Crippen LogP contribution < -0.4 is 5.73 Å². The van der Waals surface area contributed by atoms with Gasteiger partial charge >= 0.3 is 0 Å². The minimum Gasteiger partial charge on any atom is -0.320 e. The van der Waals surface area contributed by atoms with E-state index in [1.165, 1.54) is 44.3 Å². The van der Waals surface area contributed by atoms with Crippen LogP contribution in [0.3, 0.4) is 0 Å². The Hall–Kier alpha value is -1.12. The van der Waals surface area contributed by atoms with Crippen LogP contribution in [0.25, 0.3) is 0 Å². The first-order valence-corrected chi connectivity index (χ1v) is 7.88. The maximum atomic E-state index is 6.84. The van der Waals surface area contributed by atoms with Crippen LogP contribution in [0, 0.1) is 0 Å². The predicted octanol–water partition coefficient (Wildman–Crippen LogP) is 3.68. The van der Waals surface area contributed by atoms with Gasteiger partial charge in [0.1, 0.15) is 0 Å². The van der Waals surface area contributed by atoms with Crippen molar-refractivity contribution >= 4 is 0 Å². The van der Waals surface area contributed by atoms with Crippen LogP contribution in [0.5, 0.6) is 0 Å². The Morgan fingerprint density at radius 1 is 1.20 bits per heavy atom. The Morgan fingerprint density at radius 2 is 1.80 bits per heavy atom. The van der Waals surface area contributed by atoms with Crippen molar-refractivity contribution in [1.29, 1.82) is 0 Å². The van der Waals surface area contributed by atoms with Gasteiger partial charge in [-0.3, -0.25) is 4.90 Å². The molecule has 0 bridgehead atoms. The molecule has 2 nitrogen and oxygen atoms in total. The standard InChI is InChI=1S/C18H28N2/c1-3-13-18(19,17-11-7-6-8-12-17)16(2)20-14-9-4-5-10-15-20/h3,6-8,11-12,16H,1,4-5,9-10,13-15,19H2,2H3. The van der Waals surface area contributed by atoms with Crippen molar-refractivity contribution in [3.8, 4) is 0 Å². The van der Waals surface area contributed by atoms with E-state index in [0.717, 1.165) is 6.42 Å². The average Bonchev–Trinajstić information content (AvgIpc) is 2.76. The van der Waals surface area contributed by atoms with Crippen LogP contribution in [0.2, 0.25) is 0 Å². The molecule has 2 heteroatoms. The second-order valence-corrected chi connectivity index (χ2v) is 6.03. The zero-order valence-corrected chi connectivity index (χ0v) is 12.7. The molecule has 0 aliphatic carbocycles. The first kappa shape index (κ1) is 15.3. The first-order valence-electron chi connectivity index (χ1n) is 7.88. The van der Waals surface area contributed by atoms with Gasteiger partial charge in [-0.05, 0) is 44.8 Å². The lowest BCUT2D eigenvalue weighted by molar-refractivity contribution is 0.135. The quantitative estimate of drug-likeness (QED) is 0.828. The summed E-state index contributed by atoms with van der Waals surface area (Å²) in [6.07, 6.45) is 8.07. The molecular formula is C18H28N2. The van der Waals surface area contributed by atoms with Gasteiger partial charge in [0.05, 0.1) is 5.54 Å². The minimum absolute atomic E-state index is 0.334. The third-order valence-corrected chi connectivity index (χ3v) is 4.73. The average molecular weight is 272 g/mol. The number of nitrogens with zero attached hydrogens (tertiary/aromatic N) is 1. The van der Waals surface area contributed by atoms with Crippen LogP contribution in [0.1, 0.15) is 44.6 Å². The molecular weight excluding hydrogens is 244 g/mol. The molecule has 1 aromatic rings. The lowest BCUT2D eigenvalue weighted by atomic mass is 9.80. The van der Waals surface area contributed by atoms with Crippen LogP contribution in [0.15, 0.2) is 43.0 Å². The normalized spacial score (nSPS) is 21.7. The van der Waals surface area contributed by atoms with Crippen molar-refractivity contribution in [3.05, 3.63) is 48.6 Å². The Balaban J connectivity index is 2.24. The fourth-order valence-electron chi connectivity index (χ4n) is 3.33. The third-order valence-electron chi connectivity index (χ3n) is 4.73. The van der Waals surface area contributed by atoms with E-state index < -0.39 is 0 Å². The molecule has 2 unspecified atom stereocenters. The van der Waals surface area contributed by atoms with Gasteiger partial charge in [0.25, 0.3) is 0 Å². The van der Waals surface area contributed by atoms with E-state index in [9.17, 15) is 0 Å². The second-order valence-electron chi connectivity index (χ2n) is 6.03. The molecule has 20 heavy (non-hydrogen) atoms. The molecule has 2 N–H and O–H groups in total. The molecule has 1 heterocycles. The monoisotopic (exact) mass is 272 g/mol. The molecule has 110 valence electrons. The number of nitrogens with two attached hydrogens (primary N) is 1. The van der Waals surface area contributed by atoms with E-state index in [-0.39, 0.29) is 5.54 Å². The number of likely N-dealkylation sites (tertiary alicyclic amines) is 1. The van der Waals surface area contributed by atoms with E-state index >= 15 is 0 Å². The van der Waals surface area contributed by atoms with Crippen LogP contribution in [-0.2, 0) is 5.54 Å². The summed E-state index contributed by atoms with van der Waals surface area (Å²) in [6.45, 7) is 8.54. The molecule has 0 aromatic heterocycles. The number of hydrogen-bond donors (Lipinski definition) is 1. The Bertz CT molecular complexity index is 407. The first-order chi connectivity index (χ1) is 9.68. The zero-order valence-electron chi connectivity index (χ0n) is 12.7. The topological polar surface area (TPSA) is 29.3 Å². The lowest BCUT2D eigenvalue weighted by Gasteiger charge is -2.42. The molecule has 1 aliphatic heterocycles. The van der Waals surface area contributed by atoms with Crippen molar-refractivity contribution in [2.45, 2.75) is 50.6 Å². The zero-order chi connectivity index (χ0) is 14.4. The summed E-state index contributed by atoms with van der Waals surface area (Å²) in [5, 5.41) is 0. The molecule has 0 spiro atoms. The molecule has 0 radical (unpaired) electrons. The van der Waals surface area contributed by atoms with Gasteiger partial charge in [0, 0.05) is 6.04 Å². The van der Waals surface area contributed by atoms with Crippen molar-refractivity contribution in [3.63, 3.8) is 0 Å². The molecule has 0 saturated carbocycles. The smallest absolute Gasteiger partial charge is 0.0599 e. The summed E-state index contributed by atoms with van der Waals surface area (Å²) < 4.78 is 0. The number of benzene rings is 1.